The highest BCUT2D eigenvalue weighted by atomic mass is 19.3. The van der Waals surface area contributed by atoms with Crippen molar-refractivity contribution in [2.75, 3.05) is 0 Å². The highest BCUT2D eigenvalue weighted by Crippen LogP contribution is 2.51. The third kappa shape index (κ3) is 5.28. The molecule has 0 aliphatic heterocycles. The Kier molecular flexibility index (Phi) is 7.28. The van der Waals surface area contributed by atoms with Crippen LogP contribution in [0.1, 0.15) is 82.6 Å². The number of benzene rings is 1. The van der Waals surface area contributed by atoms with Crippen LogP contribution >= 0.6 is 0 Å². The lowest BCUT2D eigenvalue weighted by atomic mass is 9.60. The van der Waals surface area contributed by atoms with E-state index in [0.717, 1.165) is 42.9 Å². The fourth-order valence-electron chi connectivity index (χ4n) is 6.75. The normalized spacial score (nSPS) is 34.1. The second kappa shape index (κ2) is 9.95. The molecule has 3 aliphatic rings. The van der Waals surface area contributed by atoms with Crippen LogP contribution in [0, 0.1) is 41.2 Å². The van der Waals surface area contributed by atoms with Gasteiger partial charge in [-0.15, -0.1) is 0 Å². The van der Waals surface area contributed by atoms with Crippen molar-refractivity contribution in [2.24, 2.45) is 29.6 Å². The van der Waals surface area contributed by atoms with Crippen molar-refractivity contribution in [1.29, 1.82) is 0 Å². The molecule has 0 bridgehead atoms. The van der Waals surface area contributed by atoms with Gasteiger partial charge >= 0.3 is 6.61 Å². The van der Waals surface area contributed by atoms with Crippen molar-refractivity contribution >= 4 is 0 Å². The Morgan fingerprint density at radius 3 is 1.97 bits per heavy atom. The van der Waals surface area contributed by atoms with Crippen LogP contribution in [-0.2, 0) is 0 Å². The number of alkyl halides is 2. The van der Waals surface area contributed by atoms with E-state index in [1.807, 2.05) is 0 Å². The SMILES string of the molecule is C/C=C/C1CCC(C2CCC3CC(c4cc(F)c(OC(F)F)c(F)c4)CCC3C2)CC1. The zero-order chi connectivity index (χ0) is 22.0. The first-order valence-corrected chi connectivity index (χ1v) is 12.0. The van der Waals surface area contributed by atoms with Gasteiger partial charge in [0.1, 0.15) is 0 Å². The standard InChI is InChI=1S/C26H34F4O/c1-2-3-16-4-6-17(7-5-16)18-8-9-20-13-21(11-10-19(20)12-18)22-14-23(27)25(24(28)15-22)31-26(29)30/h2-3,14-21,26H,4-13H2,1H3/b3-2+. The lowest BCUT2D eigenvalue weighted by molar-refractivity contribution is -0.0546. The Labute approximate surface area is 183 Å². The van der Waals surface area contributed by atoms with Gasteiger partial charge in [0.25, 0.3) is 0 Å². The summed E-state index contributed by atoms with van der Waals surface area (Å²) in [6, 6.07) is 2.39. The Morgan fingerprint density at radius 2 is 1.35 bits per heavy atom. The summed E-state index contributed by atoms with van der Waals surface area (Å²) in [7, 11) is 0. The van der Waals surface area contributed by atoms with E-state index in [-0.39, 0.29) is 5.92 Å². The molecule has 4 rings (SSSR count). The largest absolute Gasteiger partial charge is 0.429 e. The highest BCUT2D eigenvalue weighted by molar-refractivity contribution is 5.33. The van der Waals surface area contributed by atoms with Gasteiger partial charge in [0.15, 0.2) is 17.4 Å². The van der Waals surface area contributed by atoms with E-state index in [1.54, 1.807) is 0 Å². The molecule has 0 N–H and O–H groups in total. The topological polar surface area (TPSA) is 9.23 Å². The molecule has 3 fully saturated rings. The van der Waals surface area contributed by atoms with Gasteiger partial charge in [0.2, 0.25) is 0 Å². The van der Waals surface area contributed by atoms with Crippen molar-refractivity contribution < 1.29 is 22.3 Å². The molecule has 3 saturated carbocycles. The van der Waals surface area contributed by atoms with Gasteiger partial charge in [0, 0.05) is 0 Å². The quantitative estimate of drug-likeness (QED) is 0.332. The predicted octanol–water partition coefficient (Wildman–Crippen LogP) is 8.25. The van der Waals surface area contributed by atoms with E-state index in [4.69, 9.17) is 0 Å². The molecular formula is C26H34F4O. The zero-order valence-electron chi connectivity index (χ0n) is 18.3. The minimum atomic E-state index is -3.24. The summed E-state index contributed by atoms with van der Waals surface area (Å²) in [6.07, 6.45) is 16.6. The molecule has 4 unspecified atom stereocenters. The average Bonchev–Trinajstić information content (AvgIpc) is 2.76. The molecule has 31 heavy (non-hydrogen) atoms. The molecule has 0 spiro atoms. The number of ether oxygens (including phenoxy) is 1. The van der Waals surface area contributed by atoms with Gasteiger partial charge in [-0.05, 0) is 124 Å². The molecule has 0 heterocycles. The Balaban J connectivity index is 1.34. The highest BCUT2D eigenvalue weighted by Gasteiger charge is 2.39. The van der Waals surface area contributed by atoms with E-state index in [1.165, 1.54) is 57.1 Å². The molecule has 0 aromatic heterocycles. The number of fused-ring (bicyclic) bond motifs is 1. The summed E-state index contributed by atoms with van der Waals surface area (Å²) in [5, 5.41) is 0. The van der Waals surface area contributed by atoms with Crippen LogP contribution < -0.4 is 4.74 Å². The molecule has 3 aliphatic carbocycles. The molecule has 1 aromatic carbocycles. The summed E-state index contributed by atoms with van der Waals surface area (Å²) in [5.41, 5.74) is 0.583. The number of hydrogen-bond acceptors (Lipinski definition) is 1. The number of allylic oxidation sites excluding steroid dienone is 2. The van der Waals surface area contributed by atoms with Crippen LogP contribution in [0.3, 0.4) is 0 Å². The molecule has 0 radical (unpaired) electrons. The Morgan fingerprint density at radius 1 is 0.806 bits per heavy atom. The van der Waals surface area contributed by atoms with Crippen molar-refractivity contribution in [3.05, 3.63) is 41.5 Å². The summed E-state index contributed by atoms with van der Waals surface area (Å²) in [6.45, 7) is -1.13. The van der Waals surface area contributed by atoms with Crippen molar-refractivity contribution in [2.45, 2.75) is 83.7 Å². The third-order valence-electron chi connectivity index (χ3n) is 8.30. The average molecular weight is 439 g/mol. The van der Waals surface area contributed by atoms with Gasteiger partial charge in [-0.2, -0.15) is 8.78 Å². The number of halogens is 4. The zero-order valence-corrected chi connectivity index (χ0v) is 18.3. The van der Waals surface area contributed by atoms with E-state index >= 15 is 0 Å². The molecule has 1 aromatic rings. The lowest BCUT2D eigenvalue weighted by Crippen LogP contribution is -2.34. The minimum Gasteiger partial charge on any atom is -0.429 e. The second-order valence-corrected chi connectivity index (χ2v) is 10.00. The van der Waals surface area contributed by atoms with Gasteiger partial charge in [-0.25, -0.2) is 8.78 Å². The smallest absolute Gasteiger partial charge is 0.387 e. The van der Waals surface area contributed by atoms with Crippen LogP contribution in [0.4, 0.5) is 17.6 Å². The molecule has 1 nitrogen and oxygen atoms in total. The van der Waals surface area contributed by atoms with Crippen molar-refractivity contribution in [3.63, 3.8) is 0 Å². The monoisotopic (exact) mass is 438 g/mol. The second-order valence-electron chi connectivity index (χ2n) is 10.00. The summed E-state index contributed by atoms with van der Waals surface area (Å²) in [5.74, 6) is 0.860. The van der Waals surface area contributed by atoms with Gasteiger partial charge in [-0.3, -0.25) is 0 Å². The van der Waals surface area contributed by atoms with E-state index in [9.17, 15) is 17.6 Å². The molecule has 4 atom stereocenters. The summed E-state index contributed by atoms with van der Waals surface area (Å²) < 4.78 is 57.2. The Bertz CT molecular complexity index is 746. The first-order valence-electron chi connectivity index (χ1n) is 12.0. The van der Waals surface area contributed by atoms with Gasteiger partial charge in [0.05, 0.1) is 0 Å². The van der Waals surface area contributed by atoms with Crippen LogP contribution in [0.15, 0.2) is 24.3 Å². The first kappa shape index (κ1) is 22.7. The third-order valence-corrected chi connectivity index (χ3v) is 8.30. The van der Waals surface area contributed by atoms with Crippen LogP contribution in [-0.4, -0.2) is 6.61 Å². The number of hydrogen-bond donors (Lipinski definition) is 0. The van der Waals surface area contributed by atoms with E-state index < -0.39 is 24.0 Å². The molecule has 0 saturated heterocycles. The maximum absolute atomic E-state index is 14.2. The number of rotatable bonds is 5. The molecule has 5 heteroatoms. The maximum Gasteiger partial charge on any atom is 0.387 e. The van der Waals surface area contributed by atoms with Gasteiger partial charge < -0.3 is 4.74 Å². The van der Waals surface area contributed by atoms with Crippen molar-refractivity contribution in [3.8, 4) is 5.75 Å². The fourth-order valence-corrected chi connectivity index (χ4v) is 6.75. The first-order chi connectivity index (χ1) is 14.9. The summed E-state index contributed by atoms with van der Waals surface area (Å²) in [4.78, 5) is 0. The van der Waals surface area contributed by atoms with E-state index in [2.05, 4.69) is 23.8 Å². The molecule has 0 amide bonds. The maximum atomic E-state index is 14.2. The van der Waals surface area contributed by atoms with Crippen molar-refractivity contribution in [1.82, 2.24) is 0 Å². The van der Waals surface area contributed by atoms with Crippen LogP contribution in [0.25, 0.3) is 0 Å². The molecule has 172 valence electrons. The summed E-state index contributed by atoms with van der Waals surface area (Å²) >= 11 is 0. The van der Waals surface area contributed by atoms with E-state index in [0.29, 0.717) is 11.5 Å². The fraction of sp³-hybridized carbons (Fsp3) is 0.692. The molecular weight excluding hydrogens is 404 g/mol. The van der Waals surface area contributed by atoms with Crippen LogP contribution in [0.2, 0.25) is 0 Å². The Hall–Kier alpha value is -1.52. The van der Waals surface area contributed by atoms with Gasteiger partial charge in [-0.1, -0.05) is 12.2 Å². The van der Waals surface area contributed by atoms with Crippen LogP contribution in [0.5, 0.6) is 5.75 Å². The predicted molar refractivity (Wildman–Crippen MR) is 114 cm³/mol. The minimum absolute atomic E-state index is 0.0960. The lowest BCUT2D eigenvalue weighted by Gasteiger charge is -2.45.